The van der Waals surface area contributed by atoms with Crippen LogP contribution in [0.15, 0.2) is 76.5 Å². The summed E-state index contributed by atoms with van der Waals surface area (Å²) in [7, 11) is -1.07. The van der Waals surface area contributed by atoms with E-state index in [0.717, 1.165) is 5.56 Å². The van der Waals surface area contributed by atoms with Crippen LogP contribution < -0.4 is 20.1 Å². The van der Waals surface area contributed by atoms with Gasteiger partial charge in [-0.15, -0.1) is 0 Å². The Balaban J connectivity index is 1.92. The topological polar surface area (TPSA) is 93.7 Å². The minimum absolute atomic E-state index is 0.0517. The Morgan fingerprint density at radius 3 is 2.23 bits per heavy atom. The van der Waals surface area contributed by atoms with Gasteiger partial charge in [0.25, 0.3) is 0 Å². The monoisotopic (exact) mass is 440 g/mol. The van der Waals surface area contributed by atoms with Crippen LogP contribution in [-0.4, -0.2) is 35.1 Å². The third-order valence-corrected chi connectivity index (χ3v) is 6.36. The molecule has 0 bridgehead atoms. The summed E-state index contributed by atoms with van der Waals surface area (Å²) in [5, 5.41) is 5.71. The molecular weight excluding hydrogens is 416 g/mol. The highest BCUT2D eigenvalue weighted by molar-refractivity contribution is 7.91. The number of amides is 1. The molecule has 3 aromatic carbocycles. The quantitative estimate of drug-likeness (QED) is 0.552. The Morgan fingerprint density at radius 2 is 1.61 bits per heavy atom. The average molecular weight is 441 g/mol. The number of para-hydroxylation sites is 1. The average Bonchev–Trinajstić information content (AvgIpc) is 2.78. The first kappa shape index (κ1) is 22.2. The van der Waals surface area contributed by atoms with Crippen molar-refractivity contribution in [2.75, 3.05) is 31.4 Å². The van der Waals surface area contributed by atoms with Gasteiger partial charge in [0.1, 0.15) is 10.6 Å². The van der Waals surface area contributed by atoms with E-state index in [0.29, 0.717) is 17.1 Å². The molecule has 0 aromatic heterocycles. The smallest absolute Gasteiger partial charge is 0.243 e. The number of carbonyl (C=O) groups is 1. The summed E-state index contributed by atoms with van der Waals surface area (Å²) in [6.45, 7) is 1.79. The molecule has 7 nitrogen and oxygen atoms in total. The van der Waals surface area contributed by atoms with Gasteiger partial charge in [-0.3, -0.25) is 4.79 Å². The summed E-state index contributed by atoms with van der Waals surface area (Å²) >= 11 is 0. The van der Waals surface area contributed by atoms with Crippen LogP contribution in [0.25, 0.3) is 0 Å². The number of aryl methyl sites for hydroxylation is 1. The van der Waals surface area contributed by atoms with Crippen molar-refractivity contribution in [2.24, 2.45) is 0 Å². The molecule has 2 N–H and O–H groups in total. The fraction of sp³-hybridized carbons (Fsp3) is 0.174. The number of nitrogens with one attached hydrogen (secondary N) is 2. The Labute approximate surface area is 181 Å². The molecule has 0 unspecified atom stereocenters. The molecule has 0 saturated heterocycles. The first-order valence-electron chi connectivity index (χ1n) is 9.51. The Hall–Kier alpha value is -3.52. The minimum Gasteiger partial charge on any atom is -0.497 e. The van der Waals surface area contributed by atoms with E-state index in [1.807, 2.05) is 25.1 Å². The first-order valence-corrected chi connectivity index (χ1v) is 11.0. The highest BCUT2D eigenvalue weighted by Crippen LogP contribution is 2.39. The molecule has 0 fully saturated rings. The molecule has 0 radical (unpaired) electrons. The molecule has 1 amide bonds. The molecule has 3 rings (SSSR count). The van der Waals surface area contributed by atoms with Crippen molar-refractivity contribution in [3.63, 3.8) is 0 Å². The lowest BCUT2D eigenvalue weighted by Gasteiger charge is -2.17. The van der Waals surface area contributed by atoms with Crippen molar-refractivity contribution in [3.05, 3.63) is 72.3 Å². The Morgan fingerprint density at radius 1 is 0.935 bits per heavy atom. The van der Waals surface area contributed by atoms with Gasteiger partial charge in [0.05, 0.1) is 31.3 Å². The van der Waals surface area contributed by atoms with Crippen LogP contribution in [0, 0.1) is 6.92 Å². The van der Waals surface area contributed by atoms with E-state index in [2.05, 4.69) is 10.6 Å². The van der Waals surface area contributed by atoms with Gasteiger partial charge < -0.3 is 20.1 Å². The number of methoxy groups -OCH3 is 2. The van der Waals surface area contributed by atoms with Crippen LogP contribution in [0.2, 0.25) is 0 Å². The zero-order chi connectivity index (χ0) is 22.4. The predicted molar refractivity (Wildman–Crippen MR) is 120 cm³/mol. The van der Waals surface area contributed by atoms with Gasteiger partial charge in [-0.05, 0) is 31.2 Å². The fourth-order valence-corrected chi connectivity index (χ4v) is 4.44. The highest BCUT2D eigenvalue weighted by atomic mass is 32.2. The Kier molecular flexibility index (Phi) is 6.81. The molecule has 0 heterocycles. The molecular formula is C23H24N2O5S. The van der Waals surface area contributed by atoms with Gasteiger partial charge in [-0.25, -0.2) is 8.42 Å². The van der Waals surface area contributed by atoms with Gasteiger partial charge in [-0.1, -0.05) is 35.9 Å². The van der Waals surface area contributed by atoms with Crippen molar-refractivity contribution in [3.8, 4) is 11.5 Å². The van der Waals surface area contributed by atoms with E-state index in [1.165, 1.54) is 20.3 Å². The van der Waals surface area contributed by atoms with Crippen LogP contribution in [-0.2, 0) is 14.6 Å². The summed E-state index contributed by atoms with van der Waals surface area (Å²) in [5.74, 6) is 0.130. The van der Waals surface area contributed by atoms with Crippen LogP contribution >= 0.6 is 0 Å². The molecule has 31 heavy (non-hydrogen) atoms. The van der Waals surface area contributed by atoms with Crippen molar-refractivity contribution in [2.45, 2.75) is 16.7 Å². The molecule has 8 heteroatoms. The number of carbonyl (C=O) groups excluding carboxylic acids is 1. The van der Waals surface area contributed by atoms with Gasteiger partial charge in [0.2, 0.25) is 15.7 Å². The number of hydrogen-bond acceptors (Lipinski definition) is 6. The number of sulfone groups is 1. The summed E-state index contributed by atoms with van der Waals surface area (Å²) in [6.07, 6.45) is 0. The maximum absolute atomic E-state index is 13.3. The molecule has 3 aromatic rings. The number of ether oxygens (including phenoxy) is 2. The lowest BCUT2D eigenvalue weighted by Crippen LogP contribution is -2.22. The predicted octanol–water partition coefficient (Wildman–Crippen LogP) is 3.90. The third kappa shape index (κ3) is 5.16. The zero-order valence-electron chi connectivity index (χ0n) is 17.5. The summed E-state index contributed by atoms with van der Waals surface area (Å²) < 4.78 is 37.3. The highest BCUT2D eigenvalue weighted by Gasteiger charge is 2.26. The summed E-state index contributed by atoms with van der Waals surface area (Å²) in [6, 6.07) is 18.6. The number of benzene rings is 3. The molecule has 0 aliphatic rings. The Bertz CT molecular complexity index is 1160. The fourth-order valence-electron chi connectivity index (χ4n) is 2.98. The van der Waals surface area contributed by atoms with Crippen LogP contribution in [0.3, 0.4) is 0 Å². The van der Waals surface area contributed by atoms with Crippen LogP contribution in [0.1, 0.15) is 5.56 Å². The second-order valence-electron chi connectivity index (χ2n) is 6.79. The van der Waals surface area contributed by atoms with Crippen LogP contribution in [0.4, 0.5) is 11.4 Å². The number of rotatable bonds is 8. The van der Waals surface area contributed by atoms with E-state index in [9.17, 15) is 13.2 Å². The van der Waals surface area contributed by atoms with Gasteiger partial charge in [0, 0.05) is 17.8 Å². The summed E-state index contributed by atoms with van der Waals surface area (Å²) in [5.41, 5.74) is 1.94. The van der Waals surface area contributed by atoms with Gasteiger partial charge in [0.15, 0.2) is 5.75 Å². The lowest BCUT2D eigenvalue weighted by molar-refractivity contribution is -0.114. The first-order chi connectivity index (χ1) is 14.8. The molecule has 0 aliphatic carbocycles. The van der Waals surface area contributed by atoms with Gasteiger partial charge >= 0.3 is 0 Å². The largest absolute Gasteiger partial charge is 0.497 e. The molecule has 0 saturated carbocycles. The number of hydrogen-bond donors (Lipinski definition) is 2. The van der Waals surface area contributed by atoms with E-state index < -0.39 is 9.84 Å². The SMILES string of the molecule is COc1cc(NCC(=O)Nc2ccccc2)c(OC)c(S(=O)(=O)c2ccc(C)cc2)c1. The second kappa shape index (κ2) is 9.53. The molecule has 0 spiro atoms. The van der Waals surface area contributed by atoms with Crippen molar-refractivity contribution < 1.29 is 22.7 Å². The maximum atomic E-state index is 13.3. The third-order valence-electron chi connectivity index (χ3n) is 4.59. The second-order valence-corrected chi connectivity index (χ2v) is 8.71. The van der Waals surface area contributed by atoms with E-state index in [-0.39, 0.29) is 28.0 Å². The minimum atomic E-state index is -3.89. The van der Waals surface area contributed by atoms with E-state index in [1.54, 1.807) is 42.5 Å². The molecule has 0 aliphatic heterocycles. The van der Waals surface area contributed by atoms with E-state index in [4.69, 9.17) is 9.47 Å². The van der Waals surface area contributed by atoms with Crippen LogP contribution in [0.5, 0.6) is 11.5 Å². The maximum Gasteiger partial charge on any atom is 0.243 e. The number of anilines is 2. The van der Waals surface area contributed by atoms with Gasteiger partial charge in [-0.2, -0.15) is 0 Å². The van der Waals surface area contributed by atoms with Crippen molar-refractivity contribution in [1.82, 2.24) is 0 Å². The summed E-state index contributed by atoms with van der Waals surface area (Å²) in [4.78, 5) is 12.4. The molecule has 162 valence electrons. The standard InChI is InChI=1S/C23H24N2O5S/c1-16-9-11-19(12-10-16)31(27,28)21-14-18(29-2)13-20(23(21)30-3)24-15-22(26)25-17-7-5-4-6-8-17/h4-14,24H,15H2,1-3H3,(H,25,26). The van der Waals surface area contributed by atoms with E-state index >= 15 is 0 Å². The molecule has 0 atom stereocenters. The lowest BCUT2D eigenvalue weighted by atomic mass is 10.2. The van der Waals surface area contributed by atoms with Crippen molar-refractivity contribution in [1.29, 1.82) is 0 Å². The normalized spacial score (nSPS) is 10.9. The zero-order valence-corrected chi connectivity index (χ0v) is 18.3. The van der Waals surface area contributed by atoms with Crippen molar-refractivity contribution >= 4 is 27.1 Å².